The zero-order valence-electron chi connectivity index (χ0n) is 11.7. The Morgan fingerprint density at radius 2 is 1.95 bits per heavy atom. The second-order valence-electron chi connectivity index (χ2n) is 5.00. The zero-order valence-corrected chi connectivity index (χ0v) is 13.2. The van der Waals surface area contributed by atoms with E-state index in [4.69, 9.17) is 0 Å². The van der Waals surface area contributed by atoms with Crippen LogP contribution in [-0.2, 0) is 10.3 Å². The van der Waals surface area contributed by atoms with E-state index >= 15 is 0 Å². The smallest absolute Gasteiger partial charge is 0.333 e. The molecule has 2 aromatic rings. The minimum Gasteiger partial charge on any atom is -0.479 e. The molecule has 0 aliphatic heterocycles. The molecule has 0 aliphatic carbocycles. The quantitative estimate of drug-likeness (QED) is 0.862. The van der Waals surface area contributed by atoms with Crippen molar-refractivity contribution < 1.29 is 14.3 Å². The summed E-state index contributed by atoms with van der Waals surface area (Å²) in [5.41, 5.74) is 0.767. The number of halogens is 2. The Kier molecular flexibility index (Phi) is 4.32. The molecule has 2 aromatic carbocycles. The SMILES string of the molecule is Cc1ccccc1NC(C)(C(=O)O)c1ccc(F)c(Br)c1. The number of anilines is 1. The van der Waals surface area contributed by atoms with Crippen LogP contribution in [-0.4, -0.2) is 11.1 Å². The summed E-state index contributed by atoms with van der Waals surface area (Å²) in [6.45, 7) is 3.45. The molecule has 1 unspecified atom stereocenters. The molecule has 0 aromatic heterocycles. The number of aryl methyl sites for hydroxylation is 1. The van der Waals surface area contributed by atoms with Crippen LogP contribution in [0.1, 0.15) is 18.1 Å². The summed E-state index contributed by atoms with van der Waals surface area (Å²) in [6, 6.07) is 11.6. The third-order valence-corrected chi connectivity index (χ3v) is 4.06. The second kappa shape index (κ2) is 5.85. The summed E-state index contributed by atoms with van der Waals surface area (Å²) in [6.07, 6.45) is 0. The van der Waals surface area contributed by atoms with Crippen LogP contribution in [0.25, 0.3) is 0 Å². The van der Waals surface area contributed by atoms with Crippen LogP contribution in [0, 0.1) is 12.7 Å². The molecule has 0 amide bonds. The van der Waals surface area contributed by atoms with Gasteiger partial charge < -0.3 is 10.4 Å². The van der Waals surface area contributed by atoms with Gasteiger partial charge in [-0.1, -0.05) is 24.3 Å². The maximum absolute atomic E-state index is 13.4. The van der Waals surface area contributed by atoms with Gasteiger partial charge in [-0.05, 0) is 59.1 Å². The van der Waals surface area contributed by atoms with Gasteiger partial charge in [-0.25, -0.2) is 9.18 Å². The normalized spacial score (nSPS) is 13.5. The van der Waals surface area contributed by atoms with E-state index in [1.165, 1.54) is 18.2 Å². The van der Waals surface area contributed by atoms with Gasteiger partial charge in [0.2, 0.25) is 0 Å². The maximum Gasteiger partial charge on any atom is 0.333 e. The van der Waals surface area contributed by atoms with E-state index in [9.17, 15) is 14.3 Å². The van der Waals surface area contributed by atoms with Crippen LogP contribution >= 0.6 is 15.9 Å². The molecule has 0 saturated heterocycles. The maximum atomic E-state index is 13.4. The number of benzene rings is 2. The van der Waals surface area contributed by atoms with Crippen molar-refractivity contribution in [1.29, 1.82) is 0 Å². The lowest BCUT2D eigenvalue weighted by Gasteiger charge is -2.29. The molecule has 5 heteroatoms. The minimum absolute atomic E-state index is 0.235. The standard InChI is InChI=1S/C16H15BrFNO2/c1-10-5-3-4-6-14(10)19-16(2,15(20)21)11-7-8-13(18)12(17)9-11/h3-9,19H,1-2H3,(H,20,21). The predicted octanol–water partition coefficient (Wildman–Crippen LogP) is 4.31. The molecule has 2 rings (SSSR count). The van der Waals surface area contributed by atoms with E-state index in [0.717, 1.165) is 11.3 Å². The van der Waals surface area contributed by atoms with Gasteiger partial charge in [0.25, 0.3) is 0 Å². The van der Waals surface area contributed by atoms with Crippen molar-refractivity contribution in [3.63, 3.8) is 0 Å². The molecule has 0 bridgehead atoms. The topological polar surface area (TPSA) is 49.3 Å². The lowest BCUT2D eigenvalue weighted by Crippen LogP contribution is -2.40. The molecule has 2 N–H and O–H groups in total. The van der Waals surface area contributed by atoms with Gasteiger partial charge >= 0.3 is 5.97 Å². The number of carboxylic acids is 1. The van der Waals surface area contributed by atoms with Crippen molar-refractivity contribution in [1.82, 2.24) is 0 Å². The highest BCUT2D eigenvalue weighted by Crippen LogP contribution is 2.30. The van der Waals surface area contributed by atoms with Gasteiger partial charge in [0.15, 0.2) is 5.54 Å². The fourth-order valence-corrected chi connectivity index (χ4v) is 2.42. The fraction of sp³-hybridized carbons (Fsp3) is 0.188. The van der Waals surface area contributed by atoms with Crippen LogP contribution in [0.2, 0.25) is 0 Å². The number of hydrogen-bond acceptors (Lipinski definition) is 2. The molecular weight excluding hydrogens is 337 g/mol. The van der Waals surface area contributed by atoms with E-state index in [-0.39, 0.29) is 4.47 Å². The molecule has 110 valence electrons. The third-order valence-electron chi connectivity index (χ3n) is 3.45. The van der Waals surface area contributed by atoms with Crippen molar-refractivity contribution in [3.05, 3.63) is 63.9 Å². The van der Waals surface area contributed by atoms with Crippen LogP contribution in [0.5, 0.6) is 0 Å². The lowest BCUT2D eigenvalue weighted by atomic mass is 9.91. The highest BCUT2D eigenvalue weighted by Gasteiger charge is 2.36. The van der Waals surface area contributed by atoms with E-state index < -0.39 is 17.3 Å². The van der Waals surface area contributed by atoms with Gasteiger partial charge in [-0.2, -0.15) is 0 Å². The van der Waals surface area contributed by atoms with Gasteiger partial charge in [0.1, 0.15) is 5.82 Å². The minimum atomic E-state index is -1.36. The summed E-state index contributed by atoms with van der Waals surface area (Å²) in [7, 11) is 0. The van der Waals surface area contributed by atoms with Crippen LogP contribution in [0.3, 0.4) is 0 Å². The Bertz CT molecular complexity index is 690. The summed E-state index contributed by atoms with van der Waals surface area (Å²) in [5.74, 6) is -1.47. The Labute approximate surface area is 130 Å². The number of carbonyl (C=O) groups is 1. The highest BCUT2D eigenvalue weighted by molar-refractivity contribution is 9.10. The van der Waals surface area contributed by atoms with Gasteiger partial charge in [0, 0.05) is 5.69 Å². The predicted molar refractivity (Wildman–Crippen MR) is 83.9 cm³/mol. The van der Waals surface area contributed by atoms with Crippen molar-refractivity contribution in [2.45, 2.75) is 19.4 Å². The largest absolute Gasteiger partial charge is 0.479 e. The highest BCUT2D eigenvalue weighted by atomic mass is 79.9. The van der Waals surface area contributed by atoms with Crippen LogP contribution in [0.4, 0.5) is 10.1 Å². The lowest BCUT2D eigenvalue weighted by molar-refractivity contribution is -0.142. The van der Waals surface area contributed by atoms with Crippen LogP contribution in [0.15, 0.2) is 46.9 Å². The van der Waals surface area contributed by atoms with Gasteiger partial charge in [-0.15, -0.1) is 0 Å². The second-order valence-corrected chi connectivity index (χ2v) is 5.85. The van der Waals surface area contributed by atoms with Crippen molar-refractivity contribution in [2.24, 2.45) is 0 Å². The molecule has 0 fully saturated rings. The first-order chi connectivity index (χ1) is 9.84. The molecule has 0 heterocycles. The number of nitrogens with one attached hydrogen (secondary N) is 1. The summed E-state index contributed by atoms with van der Waals surface area (Å²) in [4.78, 5) is 11.8. The summed E-state index contributed by atoms with van der Waals surface area (Å²) in [5, 5.41) is 12.7. The Hall–Kier alpha value is -1.88. The molecule has 1 atom stereocenters. The Morgan fingerprint density at radius 3 is 2.52 bits per heavy atom. The first-order valence-electron chi connectivity index (χ1n) is 6.37. The van der Waals surface area contributed by atoms with E-state index in [2.05, 4.69) is 21.2 Å². The summed E-state index contributed by atoms with van der Waals surface area (Å²) >= 11 is 3.09. The number of hydrogen-bond donors (Lipinski definition) is 2. The van der Waals surface area contributed by atoms with Crippen molar-refractivity contribution in [3.8, 4) is 0 Å². The summed E-state index contributed by atoms with van der Waals surface area (Å²) < 4.78 is 13.6. The fourth-order valence-electron chi connectivity index (χ4n) is 2.04. The molecular formula is C16H15BrFNO2. The number of para-hydroxylation sites is 1. The number of aliphatic carboxylic acids is 1. The van der Waals surface area contributed by atoms with Gasteiger partial charge in [0.05, 0.1) is 4.47 Å². The number of carboxylic acid groups (broad SMARTS) is 1. The van der Waals surface area contributed by atoms with Gasteiger partial charge in [-0.3, -0.25) is 0 Å². The third kappa shape index (κ3) is 3.08. The molecule has 21 heavy (non-hydrogen) atoms. The van der Waals surface area contributed by atoms with E-state index in [1.807, 2.05) is 31.2 Å². The van der Waals surface area contributed by atoms with Crippen molar-refractivity contribution >= 4 is 27.6 Å². The van der Waals surface area contributed by atoms with E-state index in [1.54, 1.807) is 6.92 Å². The molecule has 0 saturated carbocycles. The monoisotopic (exact) mass is 351 g/mol. The molecule has 0 spiro atoms. The molecule has 0 aliphatic rings. The van der Waals surface area contributed by atoms with Crippen LogP contribution < -0.4 is 5.32 Å². The average molecular weight is 352 g/mol. The van der Waals surface area contributed by atoms with E-state index in [0.29, 0.717) is 5.56 Å². The molecule has 0 radical (unpaired) electrons. The zero-order chi connectivity index (χ0) is 15.6. The average Bonchev–Trinajstić information content (AvgIpc) is 2.44. The van der Waals surface area contributed by atoms with Crippen molar-refractivity contribution in [2.75, 3.05) is 5.32 Å². The Morgan fingerprint density at radius 1 is 1.29 bits per heavy atom. The number of rotatable bonds is 4. The molecule has 3 nitrogen and oxygen atoms in total. The first kappa shape index (κ1) is 15.5. The first-order valence-corrected chi connectivity index (χ1v) is 7.16. The Balaban J connectivity index is 2.48.